The molecule has 0 aliphatic rings. The second kappa shape index (κ2) is 5.57. The van der Waals surface area contributed by atoms with Crippen LogP contribution < -0.4 is 19.8 Å². The summed E-state index contributed by atoms with van der Waals surface area (Å²) in [6.45, 7) is 0. The monoisotopic (exact) mass is 296 g/mol. The summed E-state index contributed by atoms with van der Waals surface area (Å²) < 4.78 is 21.5. The van der Waals surface area contributed by atoms with Crippen molar-refractivity contribution >= 4 is 22.7 Å². The molecule has 2 rings (SSSR count). The number of nitrogens with two attached hydrogens (primary N) is 2. The van der Waals surface area contributed by atoms with Gasteiger partial charge < -0.3 is 30.0 Å². The summed E-state index contributed by atoms with van der Waals surface area (Å²) in [4.78, 5) is 0. The van der Waals surface area contributed by atoms with Crippen molar-refractivity contribution in [3.8, 4) is 23.0 Å². The number of aromatic hydroxyl groups is 2. The number of hydrogen-bond donors (Lipinski definition) is 4. The van der Waals surface area contributed by atoms with E-state index in [4.69, 9.17) is 19.8 Å². The zero-order valence-electron chi connectivity index (χ0n) is 10.1. The van der Waals surface area contributed by atoms with Crippen LogP contribution >= 0.6 is 0 Å². The zero-order valence-corrected chi connectivity index (χ0v) is 11.0. The van der Waals surface area contributed by atoms with Gasteiger partial charge in [0.25, 0.3) is 0 Å². The highest BCUT2D eigenvalue weighted by Crippen LogP contribution is 2.28. The Labute approximate surface area is 117 Å². The van der Waals surface area contributed by atoms with Crippen LogP contribution in [0.3, 0.4) is 0 Å². The molecule has 8 heteroatoms. The second-order valence-corrected chi connectivity index (χ2v) is 4.55. The summed E-state index contributed by atoms with van der Waals surface area (Å²) in [6, 6.07) is 8.06. The molecule has 0 aromatic heterocycles. The van der Waals surface area contributed by atoms with Gasteiger partial charge in [0.15, 0.2) is 0 Å². The van der Waals surface area contributed by atoms with Crippen molar-refractivity contribution < 1.29 is 22.8 Å². The Morgan fingerprint density at radius 1 is 0.850 bits per heavy atom. The Bertz CT molecular complexity index is 607. The maximum absolute atomic E-state index is 11.6. The molecular formula is C12H12N2O5S. The minimum atomic E-state index is -2.16. The van der Waals surface area contributed by atoms with Crippen LogP contribution in [0.2, 0.25) is 0 Å². The Morgan fingerprint density at radius 2 is 1.25 bits per heavy atom. The second-order valence-electron chi connectivity index (χ2n) is 3.81. The van der Waals surface area contributed by atoms with E-state index in [0.29, 0.717) is 0 Å². The molecule has 0 atom stereocenters. The molecule has 106 valence electrons. The zero-order chi connectivity index (χ0) is 14.7. The summed E-state index contributed by atoms with van der Waals surface area (Å²) in [6.07, 6.45) is 0. The minimum absolute atomic E-state index is 0.120. The minimum Gasteiger partial charge on any atom is -0.506 e. The molecule has 0 saturated carbocycles. The van der Waals surface area contributed by atoms with E-state index in [0.717, 1.165) is 0 Å². The Kier molecular flexibility index (Phi) is 3.85. The fraction of sp³-hybridized carbons (Fsp3) is 0. The van der Waals surface area contributed by atoms with Crippen molar-refractivity contribution in [1.82, 2.24) is 0 Å². The summed E-state index contributed by atoms with van der Waals surface area (Å²) in [5.74, 6) is -0.140. The molecule has 0 radical (unpaired) electrons. The third kappa shape index (κ3) is 3.23. The van der Waals surface area contributed by atoms with Crippen molar-refractivity contribution in [2.75, 3.05) is 11.5 Å². The van der Waals surface area contributed by atoms with E-state index in [1.54, 1.807) is 0 Å². The Morgan fingerprint density at radius 3 is 1.60 bits per heavy atom. The van der Waals surface area contributed by atoms with E-state index in [1.165, 1.54) is 36.4 Å². The highest BCUT2D eigenvalue weighted by Gasteiger charge is 2.09. The number of anilines is 2. The average Bonchev–Trinajstić information content (AvgIpc) is 2.38. The topological polar surface area (TPSA) is 128 Å². The van der Waals surface area contributed by atoms with Gasteiger partial charge in [-0.2, -0.15) is 4.21 Å². The number of phenolic OH excluding ortho intramolecular Hbond substituents is 2. The van der Waals surface area contributed by atoms with Crippen molar-refractivity contribution in [1.29, 1.82) is 0 Å². The Hall–Kier alpha value is -2.61. The van der Waals surface area contributed by atoms with Crippen LogP contribution in [-0.2, 0) is 11.4 Å². The van der Waals surface area contributed by atoms with Gasteiger partial charge >= 0.3 is 11.4 Å². The van der Waals surface area contributed by atoms with E-state index in [2.05, 4.69) is 0 Å². The third-order valence-electron chi connectivity index (χ3n) is 2.33. The number of benzene rings is 2. The maximum Gasteiger partial charge on any atom is 0.417 e. The molecule has 6 N–H and O–H groups in total. The highest BCUT2D eigenvalue weighted by atomic mass is 32.2. The number of rotatable bonds is 4. The van der Waals surface area contributed by atoms with E-state index in [1.807, 2.05) is 0 Å². The predicted molar refractivity (Wildman–Crippen MR) is 74.4 cm³/mol. The maximum atomic E-state index is 11.6. The standard InChI is InChI=1S/C12H12N2O5S/c13-9-3-1-7(5-11(9)15)18-20(17)19-8-2-4-10(14)12(16)6-8/h1-6,15-16H,13-14H2. The molecular weight excluding hydrogens is 284 g/mol. The summed E-state index contributed by atoms with van der Waals surface area (Å²) in [5, 5.41) is 18.8. The lowest BCUT2D eigenvalue weighted by atomic mass is 10.3. The fourth-order valence-electron chi connectivity index (χ4n) is 1.32. The van der Waals surface area contributed by atoms with E-state index >= 15 is 0 Å². The molecule has 0 bridgehead atoms. The molecule has 7 nitrogen and oxygen atoms in total. The van der Waals surface area contributed by atoms with Gasteiger partial charge in [-0.1, -0.05) is 0 Å². The largest absolute Gasteiger partial charge is 0.506 e. The van der Waals surface area contributed by atoms with Crippen molar-refractivity contribution in [2.45, 2.75) is 0 Å². The first-order valence-corrected chi connectivity index (χ1v) is 6.41. The van der Waals surface area contributed by atoms with E-state index in [-0.39, 0.29) is 34.4 Å². The van der Waals surface area contributed by atoms with Gasteiger partial charge in [0.05, 0.1) is 11.4 Å². The molecule has 0 aliphatic heterocycles. The molecule has 0 amide bonds. The first-order valence-electron chi connectivity index (χ1n) is 5.41. The molecule has 2 aromatic carbocycles. The lowest BCUT2D eigenvalue weighted by Crippen LogP contribution is -2.08. The smallest absolute Gasteiger partial charge is 0.417 e. The Balaban J connectivity index is 2.04. The van der Waals surface area contributed by atoms with Crippen LogP contribution in [0.25, 0.3) is 0 Å². The van der Waals surface area contributed by atoms with E-state index < -0.39 is 11.4 Å². The van der Waals surface area contributed by atoms with Crippen molar-refractivity contribution in [3.05, 3.63) is 36.4 Å². The van der Waals surface area contributed by atoms with Gasteiger partial charge in [0, 0.05) is 12.1 Å². The first kappa shape index (κ1) is 13.8. The summed E-state index contributed by atoms with van der Waals surface area (Å²) in [7, 11) is 0. The van der Waals surface area contributed by atoms with Crippen molar-refractivity contribution in [2.24, 2.45) is 0 Å². The number of nitrogen functional groups attached to an aromatic ring is 2. The summed E-state index contributed by atoms with van der Waals surface area (Å²) in [5.41, 5.74) is 11.2. The lowest BCUT2D eigenvalue weighted by molar-refractivity contribution is 0.448. The van der Waals surface area contributed by atoms with Crippen LogP contribution in [0.15, 0.2) is 36.4 Å². The van der Waals surface area contributed by atoms with Crippen LogP contribution in [-0.4, -0.2) is 14.4 Å². The van der Waals surface area contributed by atoms with Crippen LogP contribution in [0.5, 0.6) is 23.0 Å². The molecule has 20 heavy (non-hydrogen) atoms. The predicted octanol–water partition coefficient (Wildman–Crippen LogP) is 1.30. The van der Waals surface area contributed by atoms with Gasteiger partial charge in [0.1, 0.15) is 23.0 Å². The quantitative estimate of drug-likeness (QED) is 0.494. The van der Waals surface area contributed by atoms with E-state index in [9.17, 15) is 14.4 Å². The van der Waals surface area contributed by atoms with Gasteiger partial charge in [0.2, 0.25) is 0 Å². The number of hydrogen-bond acceptors (Lipinski definition) is 7. The molecule has 2 aromatic rings. The SMILES string of the molecule is Nc1ccc(OS(=O)Oc2ccc(N)c(O)c2)cc1O. The van der Waals surface area contributed by atoms with Gasteiger partial charge in [-0.05, 0) is 24.3 Å². The fourth-order valence-corrected chi connectivity index (χ4v) is 1.88. The molecule has 0 saturated heterocycles. The van der Waals surface area contributed by atoms with Crippen LogP contribution in [0.4, 0.5) is 11.4 Å². The summed E-state index contributed by atoms with van der Waals surface area (Å²) >= 11 is -2.16. The average molecular weight is 296 g/mol. The molecule has 0 heterocycles. The van der Waals surface area contributed by atoms with Gasteiger partial charge in [-0.3, -0.25) is 0 Å². The van der Waals surface area contributed by atoms with Crippen LogP contribution in [0, 0.1) is 0 Å². The van der Waals surface area contributed by atoms with Gasteiger partial charge in [-0.15, -0.1) is 0 Å². The molecule has 0 spiro atoms. The number of phenols is 2. The molecule has 0 aliphatic carbocycles. The normalized spacial score (nSPS) is 10.4. The van der Waals surface area contributed by atoms with Gasteiger partial charge in [-0.25, -0.2) is 0 Å². The molecule has 0 unspecified atom stereocenters. The molecule has 0 fully saturated rings. The lowest BCUT2D eigenvalue weighted by Gasteiger charge is -2.07. The third-order valence-corrected chi connectivity index (χ3v) is 2.99. The highest BCUT2D eigenvalue weighted by molar-refractivity contribution is 7.75. The first-order chi connectivity index (χ1) is 9.45. The van der Waals surface area contributed by atoms with Crippen molar-refractivity contribution in [3.63, 3.8) is 0 Å². The van der Waals surface area contributed by atoms with Crippen LogP contribution in [0.1, 0.15) is 0 Å².